The van der Waals surface area contributed by atoms with Gasteiger partial charge in [-0.2, -0.15) is 4.98 Å². The van der Waals surface area contributed by atoms with Crippen LogP contribution in [-0.4, -0.2) is 45.0 Å². The zero-order valence-electron chi connectivity index (χ0n) is 12.9. The van der Waals surface area contributed by atoms with Crippen LogP contribution in [0.15, 0.2) is 35.4 Å². The molecular weight excluding hydrogens is 296 g/mol. The predicted molar refractivity (Wildman–Crippen MR) is 83.4 cm³/mol. The van der Waals surface area contributed by atoms with E-state index in [0.29, 0.717) is 24.8 Å². The largest absolute Gasteiger partial charge is 0.472 e. The number of aryl methyl sites for hydroxylation is 1. The molecule has 7 heteroatoms. The minimum atomic E-state index is -0.369. The Morgan fingerprint density at radius 1 is 1.43 bits per heavy atom. The van der Waals surface area contributed by atoms with E-state index >= 15 is 0 Å². The summed E-state index contributed by atoms with van der Waals surface area (Å²) in [4.78, 5) is 36.7. The molecule has 1 atom stereocenters. The van der Waals surface area contributed by atoms with Gasteiger partial charge in [0.05, 0.1) is 6.54 Å². The van der Waals surface area contributed by atoms with Gasteiger partial charge in [0.15, 0.2) is 0 Å². The molecule has 1 unspecified atom stereocenters. The highest BCUT2D eigenvalue weighted by molar-refractivity contribution is 5.93. The van der Waals surface area contributed by atoms with E-state index in [9.17, 15) is 9.59 Å². The molecular formula is C16H18N4O3. The van der Waals surface area contributed by atoms with Crippen molar-refractivity contribution in [3.8, 4) is 5.88 Å². The second kappa shape index (κ2) is 6.60. The van der Waals surface area contributed by atoms with Gasteiger partial charge in [0.1, 0.15) is 17.5 Å². The second-order valence-corrected chi connectivity index (χ2v) is 5.49. The van der Waals surface area contributed by atoms with Gasteiger partial charge in [0.2, 0.25) is 5.88 Å². The van der Waals surface area contributed by atoms with Crippen molar-refractivity contribution in [3.05, 3.63) is 52.3 Å². The molecule has 3 heterocycles. The highest BCUT2D eigenvalue weighted by atomic mass is 16.5. The molecule has 0 saturated carbocycles. The molecule has 2 aromatic heterocycles. The molecule has 0 spiro atoms. The number of carbonyl (C=O) groups is 1. The maximum atomic E-state index is 12.5. The minimum absolute atomic E-state index is 0.134. The van der Waals surface area contributed by atoms with Gasteiger partial charge in [-0.15, -0.1) is 0 Å². The van der Waals surface area contributed by atoms with Crippen LogP contribution >= 0.6 is 0 Å². The van der Waals surface area contributed by atoms with Gasteiger partial charge < -0.3 is 14.6 Å². The monoisotopic (exact) mass is 314 g/mol. The van der Waals surface area contributed by atoms with E-state index in [4.69, 9.17) is 4.74 Å². The fourth-order valence-corrected chi connectivity index (χ4v) is 2.65. The highest BCUT2D eigenvalue weighted by Crippen LogP contribution is 2.17. The van der Waals surface area contributed by atoms with E-state index in [0.717, 1.165) is 12.8 Å². The maximum Gasteiger partial charge on any atom is 0.260 e. The van der Waals surface area contributed by atoms with Crippen LogP contribution in [0.3, 0.4) is 0 Å². The van der Waals surface area contributed by atoms with E-state index < -0.39 is 0 Å². The lowest BCUT2D eigenvalue weighted by Gasteiger charge is -2.32. The average molecular weight is 314 g/mol. The number of nitrogens with one attached hydrogen (secondary N) is 1. The topological polar surface area (TPSA) is 88.2 Å². The molecule has 2 aromatic rings. The fraction of sp³-hybridized carbons (Fsp3) is 0.375. The van der Waals surface area contributed by atoms with Crippen LogP contribution in [-0.2, 0) is 0 Å². The first-order valence-corrected chi connectivity index (χ1v) is 7.57. The van der Waals surface area contributed by atoms with E-state index in [2.05, 4.69) is 15.0 Å². The third-order valence-electron chi connectivity index (χ3n) is 3.75. The molecule has 1 N–H and O–H groups in total. The van der Waals surface area contributed by atoms with Crippen LogP contribution in [0.4, 0.5) is 0 Å². The summed E-state index contributed by atoms with van der Waals surface area (Å²) < 4.78 is 5.85. The van der Waals surface area contributed by atoms with Crippen LogP contribution < -0.4 is 10.3 Å². The van der Waals surface area contributed by atoms with E-state index in [1.165, 1.54) is 6.20 Å². The molecule has 1 aliphatic rings. The summed E-state index contributed by atoms with van der Waals surface area (Å²) in [6, 6.07) is 4.89. The summed E-state index contributed by atoms with van der Waals surface area (Å²) in [7, 11) is 0. The van der Waals surface area contributed by atoms with Gasteiger partial charge in [-0.05, 0) is 31.9 Å². The van der Waals surface area contributed by atoms with E-state index in [1.807, 2.05) is 0 Å². The molecule has 7 nitrogen and oxygen atoms in total. The summed E-state index contributed by atoms with van der Waals surface area (Å²) in [6.07, 6.45) is 4.69. The molecule has 23 heavy (non-hydrogen) atoms. The van der Waals surface area contributed by atoms with Crippen LogP contribution in [0.1, 0.15) is 29.0 Å². The number of carbonyl (C=O) groups excluding carboxylic acids is 1. The fourth-order valence-electron chi connectivity index (χ4n) is 2.65. The van der Waals surface area contributed by atoms with Crippen LogP contribution in [0.2, 0.25) is 0 Å². The van der Waals surface area contributed by atoms with Crippen molar-refractivity contribution in [1.82, 2.24) is 19.9 Å². The summed E-state index contributed by atoms with van der Waals surface area (Å²) >= 11 is 0. The number of piperidine rings is 1. The highest BCUT2D eigenvalue weighted by Gasteiger charge is 2.27. The van der Waals surface area contributed by atoms with Crippen LogP contribution in [0.5, 0.6) is 5.88 Å². The summed E-state index contributed by atoms with van der Waals surface area (Å²) in [5, 5.41) is 0. The van der Waals surface area contributed by atoms with Gasteiger partial charge in [0, 0.05) is 25.0 Å². The number of aromatic amines is 1. The van der Waals surface area contributed by atoms with E-state index in [1.54, 1.807) is 36.2 Å². The quantitative estimate of drug-likeness (QED) is 0.918. The number of hydrogen-bond donors (Lipinski definition) is 1. The number of H-pyrrole nitrogens is 1. The number of likely N-dealkylation sites (tertiary alicyclic amines) is 1. The van der Waals surface area contributed by atoms with Crippen molar-refractivity contribution in [1.29, 1.82) is 0 Å². The maximum absolute atomic E-state index is 12.5. The molecule has 120 valence electrons. The van der Waals surface area contributed by atoms with Crippen molar-refractivity contribution >= 4 is 5.91 Å². The number of rotatable bonds is 3. The standard InChI is InChI=1S/C16H18N4O3/c1-11-17-8-6-14(19-11)23-12-4-3-9-20(10-12)16(22)13-5-2-7-18-15(13)21/h2,5-8,12H,3-4,9-10H2,1H3,(H,18,21). The molecule has 1 aliphatic heterocycles. The third-order valence-corrected chi connectivity index (χ3v) is 3.75. The number of nitrogens with zero attached hydrogens (tertiary/aromatic N) is 3. The van der Waals surface area contributed by atoms with Crippen molar-refractivity contribution in [2.24, 2.45) is 0 Å². The SMILES string of the molecule is Cc1nccc(OC2CCCN(C(=O)c3ccc[nH]c3=O)C2)n1. The summed E-state index contributed by atoms with van der Waals surface area (Å²) in [6.45, 7) is 2.86. The molecule has 1 fully saturated rings. The first-order chi connectivity index (χ1) is 11.1. The smallest absolute Gasteiger partial charge is 0.260 e. The molecule has 0 radical (unpaired) electrons. The second-order valence-electron chi connectivity index (χ2n) is 5.49. The first kappa shape index (κ1) is 15.2. The van der Waals surface area contributed by atoms with Crippen molar-refractivity contribution in [2.75, 3.05) is 13.1 Å². The minimum Gasteiger partial charge on any atom is -0.472 e. The van der Waals surface area contributed by atoms with Crippen LogP contribution in [0, 0.1) is 6.92 Å². The average Bonchev–Trinajstić information content (AvgIpc) is 2.55. The summed E-state index contributed by atoms with van der Waals surface area (Å²) in [5.74, 6) is 0.885. The Morgan fingerprint density at radius 3 is 3.09 bits per heavy atom. The molecule has 1 amide bonds. The number of amides is 1. The predicted octanol–water partition coefficient (Wildman–Crippen LogP) is 1.16. The van der Waals surface area contributed by atoms with Crippen LogP contribution in [0.25, 0.3) is 0 Å². The van der Waals surface area contributed by atoms with Gasteiger partial charge in [0.25, 0.3) is 11.5 Å². The van der Waals surface area contributed by atoms with Crippen molar-refractivity contribution < 1.29 is 9.53 Å². The Bertz CT molecular complexity index is 759. The Labute approximate surface area is 133 Å². The molecule has 0 bridgehead atoms. The molecule has 1 saturated heterocycles. The Kier molecular flexibility index (Phi) is 4.36. The number of aromatic nitrogens is 3. The van der Waals surface area contributed by atoms with E-state index in [-0.39, 0.29) is 23.1 Å². The Morgan fingerprint density at radius 2 is 2.30 bits per heavy atom. The van der Waals surface area contributed by atoms with Gasteiger partial charge in [-0.25, -0.2) is 4.98 Å². The zero-order chi connectivity index (χ0) is 16.2. The molecule has 0 aliphatic carbocycles. The molecule has 0 aromatic carbocycles. The molecule has 3 rings (SSSR count). The lowest BCUT2D eigenvalue weighted by molar-refractivity contribution is 0.0525. The normalized spacial score (nSPS) is 17.8. The lowest BCUT2D eigenvalue weighted by Crippen LogP contribution is -2.45. The van der Waals surface area contributed by atoms with Crippen molar-refractivity contribution in [3.63, 3.8) is 0 Å². The Hall–Kier alpha value is -2.70. The lowest BCUT2D eigenvalue weighted by atomic mass is 10.1. The Balaban J connectivity index is 1.70. The third kappa shape index (κ3) is 3.56. The summed E-state index contributed by atoms with van der Waals surface area (Å²) in [5.41, 5.74) is -0.210. The number of hydrogen-bond acceptors (Lipinski definition) is 5. The first-order valence-electron chi connectivity index (χ1n) is 7.57. The van der Waals surface area contributed by atoms with Gasteiger partial charge >= 0.3 is 0 Å². The van der Waals surface area contributed by atoms with Crippen molar-refractivity contribution in [2.45, 2.75) is 25.9 Å². The van der Waals surface area contributed by atoms with Gasteiger partial charge in [-0.3, -0.25) is 9.59 Å². The van der Waals surface area contributed by atoms with Gasteiger partial charge in [-0.1, -0.05) is 0 Å². The number of ether oxygens (including phenoxy) is 1. The zero-order valence-corrected chi connectivity index (χ0v) is 12.9. The number of pyridine rings is 1.